The number of ether oxygens (including phenoxy) is 1. The molecule has 3 rings (SSSR count). The Morgan fingerprint density at radius 3 is 2.35 bits per heavy atom. The summed E-state index contributed by atoms with van der Waals surface area (Å²) in [5.41, 5.74) is 2.13. The van der Waals surface area contributed by atoms with Crippen molar-refractivity contribution < 1.29 is 33.0 Å². The highest BCUT2D eigenvalue weighted by atomic mass is 28.3. The van der Waals surface area contributed by atoms with Crippen LogP contribution in [0, 0.1) is 17.0 Å². The predicted octanol–water partition coefficient (Wildman–Crippen LogP) is 7.98. The maximum absolute atomic E-state index is 14.9. The lowest BCUT2D eigenvalue weighted by Gasteiger charge is -2.41. The normalized spacial score (nSPS) is 12.4. The Kier molecular flexibility index (Phi) is 14.0. The number of amides is 2. The molecule has 8 nitrogen and oxygen atoms in total. The van der Waals surface area contributed by atoms with Crippen molar-refractivity contribution in [3.63, 3.8) is 0 Å². The smallest absolute Gasteiger partial charge is 0.407 e. The quantitative estimate of drug-likeness (QED) is 0.111. The predicted molar refractivity (Wildman–Crippen MR) is 188 cm³/mol. The minimum Gasteiger partial charge on any atom is -0.481 e. The second-order valence-electron chi connectivity index (χ2n) is 14.6. The highest BCUT2D eigenvalue weighted by Crippen LogP contribution is 2.32. The Labute approximate surface area is 284 Å². The monoisotopic (exact) mass is 683 g/mol. The van der Waals surface area contributed by atoms with E-state index in [2.05, 4.69) is 25.0 Å². The van der Waals surface area contributed by atoms with Gasteiger partial charge < -0.3 is 24.6 Å². The third kappa shape index (κ3) is 12.6. The van der Waals surface area contributed by atoms with E-state index in [0.717, 1.165) is 29.4 Å². The van der Waals surface area contributed by atoms with Gasteiger partial charge in [-0.25, -0.2) is 13.6 Å². The van der Waals surface area contributed by atoms with E-state index in [1.807, 2.05) is 67.9 Å². The number of rotatable bonds is 17. The average molecular weight is 684 g/mol. The highest BCUT2D eigenvalue weighted by molar-refractivity contribution is 6.76. The average Bonchev–Trinajstić information content (AvgIpc) is 3.38. The van der Waals surface area contributed by atoms with Crippen molar-refractivity contribution in [2.45, 2.75) is 91.1 Å². The summed E-state index contributed by atoms with van der Waals surface area (Å²) in [6.07, 6.45) is 2.35. The number of aromatic nitrogens is 1. The zero-order chi connectivity index (χ0) is 35.5. The molecule has 3 aromatic rings. The topological polar surface area (TPSA) is 101 Å². The van der Waals surface area contributed by atoms with E-state index in [1.165, 1.54) is 6.07 Å². The molecule has 1 heterocycles. The summed E-state index contributed by atoms with van der Waals surface area (Å²) in [5, 5.41) is 12.0. The zero-order valence-electron chi connectivity index (χ0n) is 29.2. The Morgan fingerprint density at radius 2 is 1.71 bits per heavy atom. The van der Waals surface area contributed by atoms with Crippen molar-refractivity contribution in [2.75, 3.05) is 19.7 Å². The van der Waals surface area contributed by atoms with E-state index in [1.54, 1.807) is 4.90 Å². The first-order valence-electron chi connectivity index (χ1n) is 16.6. The molecule has 2 aromatic carbocycles. The van der Waals surface area contributed by atoms with Crippen molar-refractivity contribution in [2.24, 2.45) is 5.41 Å². The van der Waals surface area contributed by atoms with Gasteiger partial charge in [0.1, 0.15) is 11.6 Å². The van der Waals surface area contributed by atoms with Gasteiger partial charge in [0.05, 0.1) is 6.61 Å². The van der Waals surface area contributed by atoms with Gasteiger partial charge in [-0.2, -0.15) is 0 Å². The van der Waals surface area contributed by atoms with Crippen LogP contribution in [0.25, 0.3) is 11.1 Å². The summed E-state index contributed by atoms with van der Waals surface area (Å²) in [7, 11) is -1.34. The van der Waals surface area contributed by atoms with E-state index in [4.69, 9.17) is 4.74 Å². The van der Waals surface area contributed by atoms with Gasteiger partial charge in [0.25, 0.3) is 0 Å². The molecule has 0 saturated carbocycles. The fourth-order valence-corrected chi connectivity index (χ4v) is 6.25. The van der Waals surface area contributed by atoms with Crippen LogP contribution >= 0.6 is 0 Å². The van der Waals surface area contributed by atoms with Crippen LogP contribution in [-0.2, 0) is 27.3 Å². The molecule has 0 spiro atoms. The van der Waals surface area contributed by atoms with Gasteiger partial charge in [0, 0.05) is 76.0 Å². The first-order chi connectivity index (χ1) is 22.5. The molecule has 0 aliphatic rings. The minimum atomic E-state index is -1.34. The van der Waals surface area contributed by atoms with E-state index < -0.39 is 37.2 Å². The second-order valence-corrected chi connectivity index (χ2v) is 20.2. The molecule has 1 aromatic heterocycles. The molecule has 0 fully saturated rings. The van der Waals surface area contributed by atoms with Crippen molar-refractivity contribution >= 4 is 26.0 Å². The fourth-order valence-electron chi connectivity index (χ4n) is 5.53. The standard InChI is InChI=1S/C37H51F2N3O5Si/c1-37(2,3)33(42(34(43)14-10-15-35(44)45)19-11-18-40-36(46)47-20-21-48(4,5)6)24-30-22-28(31-23-29(38)16-17-32(31)39)26-41(30)25-27-12-8-7-9-13-27/h7-9,12-13,16-17,22-23,26,33H,10-11,14-15,18-21,24-25H2,1-6H3,(H,40,46)(H,44,45)/t33-/m1/s1. The van der Waals surface area contributed by atoms with Crippen molar-refractivity contribution in [1.29, 1.82) is 0 Å². The molecule has 2 amide bonds. The number of hydrogen-bond acceptors (Lipinski definition) is 4. The number of carboxylic acids is 1. The molecule has 262 valence electrons. The molecule has 0 radical (unpaired) electrons. The van der Waals surface area contributed by atoms with Gasteiger partial charge in [0.15, 0.2) is 0 Å². The molecule has 0 saturated heterocycles. The maximum atomic E-state index is 14.9. The van der Waals surface area contributed by atoms with E-state index in [0.29, 0.717) is 44.6 Å². The molecular formula is C37H51F2N3O5Si. The molecule has 0 unspecified atom stereocenters. The number of carbonyl (C=O) groups excluding carboxylic acids is 2. The van der Waals surface area contributed by atoms with Gasteiger partial charge in [-0.1, -0.05) is 70.7 Å². The van der Waals surface area contributed by atoms with Gasteiger partial charge in [-0.3, -0.25) is 9.59 Å². The molecule has 48 heavy (non-hydrogen) atoms. The van der Waals surface area contributed by atoms with E-state index in [9.17, 15) is 28.3 Å². The number of carboxylic acid groups (broad SMARTS) is 1. The molecule has 11 heteroatoms. The molecule has 1 atom stereocenters. The van der Waals surface area contributed by atoms with Crippen LogP contribution in [0.5, 0.6) is 0 Å². The number of aliphatic carboxylic acids is 1. The third-order valence-electron chi connectivity index (χ3n) is 8.23. The van der Waals surface area contributed by atoms with Gasteiger partial charge in [-0.15, -0.1) is 0 Å². The summed E-state index contributed by atoms with van der Waals surface area (Å²) < 4.78 is 36.5. The zero-order valence-corrected chi connectivity index (χ0v) is 30.2. The molecule has 0 aliphatic heterocycles. The number of benzene rings is 2. The Bertz CT molecular complexity index is 1520. The first-order valence-corrected chi connectivity index (χ1v) is 20.3. The lowest BCUT2D eigenvalue weighted by atomic mass is 9.82. The molecule has 0 bridgehead atoms. The summed E-state index contributed by atoms with van der Waals surface area (Å²) in [6, 6.07) is 15.6. The van der Waals surface area contributed by atoms with Crippen molar-refractivity contribution in [3.05, 3.63) is 83.7 Å². The van der Waals surface area contributed by atoms with Gasteiger partial charge in [-0.05, 0) is 54.1 Å². The lowest BCUT2D eigenvalue weighted by molar-refractivity contribution is -0.138. The Morgan fingerprint density at radius 1 is 1.00 bits per heavy atom. The van der Waals surface area contributed by atoms with E-state index in [-0.39, 0.29) is 36.8 Å². The fraction of sp³-hybridized carbons (Fsp3) is 0.486. The third-order valence-corrected chi connectivity index (χ3v) is 9.94. The van der Waals surface area contributed by atoms with Crippen LogP contribution in [0.15, 0.2) is 60.8 Å². The summed E-state index contributed by atoms with van der Waals surface area (Å²) >= 11 is 0. The first kappa shape index (κ1) is 38.5. The van der Waals surface area contributed by atoms with Gasteiger partial charge in [0.2, 0.25) is 5.91 Å². The number of hydrogen-bond donors (Lipinski definition) is 2. The van der Waals surface area contributed by atoms with Crippen molar-refractivity contribution in [3.8, 4) is 11.1 Å². The number of halogens is 2. The number of carbonyl (C=O) groups is 3. The SMILES string of the molecule is CC(C)(C)[C@@H](Cc1cc(-c2cc(F)ccc2F)cn1Cc1ccccc1)N(CCCNC(=O)OCC[Si](C)(C)C)C(=O)CCCC(=O)O. The number of nitrogens with one attached hydrogen (secondary N) is 1. The maximum Gasteiger partial charge on any atom is 0.407 e. The Balaban J connectivity index is 1.90. The van der Waals surface area contributed by atoms with Crippen LogP contribution < -0.4 is 5.32 Å². The summed E-state index contributed by atoms with van der Waals surface area (Å²) in [5.74, 6) is -2.21. The van der Waals surface area contributed by atoms with Crippen LogP contribution in [0.2, 0.25) is 25.7 Å². The lowest BCUT2D eigenvalue weighted by Crippen LogP contribution is -2.49. The minimum absolute atomic E-state index is 0.0653. The van der Waals surface area contributed by atoms with Crippen LogP contribution in [0.4, 0.5) is 13.6 Å². The second kappa shape index (κ2) is 17.4. The summed E-state index contributed by atoms with van der Waals surface area (Å²) in [6.45, 7) is 14.2. The number of alkyl carbamates (subject to hydrolysis) is 1. The van der Waals surface area contributed by atoms with E-state index >= 15 is 0 Å². The highest BCUT2D eigenvalue weighted by Gasteiger charge is 2.34. The number of nitrogens with zero attached hydrogens (tertiary/aromatic N) is 2. The molecule has 0 aliphatic carbocycles. The largest absolute Gasteiger partial charge is 0.481 e. The van der Waals surface area contributed by atoms with Gasteiger partial charge >= 0.3 is 12.1 Å². The Hall–Kier alpha value is -3.99. The van der Waals surface area contributed by atoms with Crippen LogP contribution in [0.3, 0.4) is 0 Å². The molecule has 2 N–H and O–H groups in total. The van der Waals surface area contributed by atoms with Crippen molar-refractivity contribution in [1.82, 2.24) is 14.8 Å². The van der Waals surface area contributed by atoms with Crippen LogP contribution in [0.1, 0.15) is 57.7 Å². The van der Waals surface area contributed by atoms with Crippen LogP contribution in [-0.4, -0.2) is 66.4 Å². The summed E-state index contributed by atoms with van der Waals surface area (Å²) in [4.78, 5) is 39.1. The molecular weight excluding hydrogens is 633 g/mol.